The molecule has 1 aromatic carbocycles. The summed E-state index contributed by atoms with van der Waals surface area (Å²) in [5.41, 5.74) is 6.92. The summed E-state index contributed by atoms with van der Waals surface area (Å²) in [4.78, 5) is 4.29. The van der Waals surface area contributed by atoms with Gasteiger partial charge in [0.2, 0.25) is 0 Å². The van der Waals surface area contributed by atoms with Crippen molar-refractivity contribution < 1.29 is 0 Å². The van der Waals surface area contributed by atoms with Crippen molar-refractivity contribution in [2.75, 3.05) is 6.54 Å². The van der Waals surface area contributed by atoms with Gasteiger partial charge in [0.05, 0.1) is 6.54 Å². The number of hydrogen-bond acceptors (Lipinski definition) is 1. The highest BCUT2D eigenvalue weighted by molar-refractivity contribution is 9.10. The minimum atomic E-state index is 0.522. The van der Waals surface area contributed by atoms with E-state index in [4.69, 9.17) is 5.73 Å². The largest absolute Gasteiger partial charge is 0.370 e. The fourth-order valence-electron chi connectivity index (χ4n) is 1.31. The van der Waals surface area contributed by atoms with Crippen molar-refractivity contribution in [3.8, 4) is 0 Å². The number of halogens is 1. The Morgan fingerprint density at radius 3 is 2.59 bits per heavy atom. The molecule has 94 valence electrons. The molecule has 1 rings (SSSR count). The van der Waals surface area contributed by atoms with Gasteiger partial charge in [-0.3, -0.25) is 0 Å². The molecule has 1 aromatic rings. The van der Waals surface area contributed by atoms with E-state index in [2.05, 4.69) is 40.1 Å². The standard InChI is InChI=1S/C13H20BrN3/c1-10(2)7-8-16-13(15)17-9-11-3-5-12(14)6-4-11/h3-6,10H,7-9H2,1-2H3,(H3,15,16,17). The van der Waals surface area contributed by atoms with E-state index in [1.54, 1.807) is 0 Å². The van der Waals surface area contributed by atoms with Gasteiger partial charge < -0.3 is 11.1 Å². The van der Waals surface area contributed by atoms with E-state index in [9.17, 15) is 0 Å². The van der Waals surface area contributed by atoms with Gasteiger partial charge in [-0.15, -0.1) is 0 Å². The Kier molecular flexibility index (Phi) is 6.05. The third-order valence-electron chi connectivity index (χ3n) is 2.37. The van der Waals surface area contributed by atoms with Crippen molar-refractivity contribution in [2.45, 2.75) is 26.8 Å². The Balaban J connectivity index is 2.34. The Morgan fingerprint density at radius 2 is 2.00 bits per heavy atom. The normalized spacial score (nSPS) is 11.9. The number of nitrogens with zero attached hydrogens (tertiary/aromatic N) is 1. The summed E-state index contributed by atoms with van der Waals surface area (Å²) in [7, 11) is 0. The van der Waals surface area contributed by atoms with Crippen LogP contribution in [0.25, 0.3) is 0 Å². The van der Waals surface area contributed by atoms with Crippen molar-refractivity contribution in [2.24, 2.45) is 16.6 Å². The van der Waals surface area contributed by atoms with E-state index in [0.717, 1.165) is 23.0 Å². The molecule has 0 saturated carbocycles. The minimum Gasteiger partial charge on any atom is -0.370 e. The molecule has 0 amide bonds. The number of benzene rings is 1. The number of rotatable bonds is 5. The maximum absolute atomic E-state index is 5.77. The Hall–Kier alpha value is -1.03. The van der Waals surface area contributed by atoms with E-state index in [1.165, 1.54) is 0 Å². The monoisotopic (exact) mass is 297 g/mol. The second-order valence-electron chi connectivity index (χ2n) is 4.44. The molecule has 0 spiro atoms. The summed E-state index contributed by atoms with van der Waals surface area (Å²) in [6, 6.07) is 8.09. The van der Waals surface area contributed by atoms with Crippen molar-refractivity contribution >= 4 is 21.9 Å². The average molecular weight is 298 g/mol. The smallest absolute Gasteiger partial charge is 0.188 e. The first-order valence-corrected chi connectivity index (χ1v) is 6.65. The third-order valence-corrected chi connectivity index (χ3v) is 2.90. The highest BCUT2D eigenvalue weighted by Gasteiger charge is 1.96. The fraction of sp³-hybridized carbons (Fsp3) is 0.462. The first-order valence-electron chi connectivity index (χ1n) is 5.86. The van der Waals surface area contributed by atoms with Crippen LogP contribution in [0.15, 0.2) is 33.7 Å². The molecule has 17 heavy (non-hydrogen) atoms. The average Bonchev–Trinajstić information content (AvgIpc) is 2.28. The number of aliphatic imine (C=N–C) groups is 1. The lowest BCUT2D eigenvalue weighted by molar-refractivity contribution is 0.576. The summed E-state index contributed by atoms with van der Waals surface area (Å²) in [6.45, 7) is 5.88. The predicted molar refractivity (Wildman–Crippen MR) is 76.9 cm³/mol. The predicted octanol–water partition coefficient (Wildman–Crippen LogP) is 2.90. The molecular formula is C13H20BrN3. The molecule has 0 heterocycles. The van der Waals surface area contributed by atoms with Crippen LogP contribution in [0.5, 0.6) is 0 Å². The first kappa shape index (κ1) is 14.0. The van der Waals surface area contributed by atoms with Crippen LogP contribution in [-0.2, 0) is 6.54 Å². The van der Waals surface area contributed by atoms with Crippen molar-refractivity contribution in [1.82, 2.24) is 5.32 Å². The summed E-state index contributed by atoms with van der Waals surface area (Å²) >= 11 is 3.40. The van der Waals surface area contributed by atoms with Crippen LogP contribution in [-0.4, -0.2) is 12.5 Å². The molecule has 0 saturated heterocycles. The lowest BCUT2D eigenvalue weighted by atomic mass is 10.1. The van der Waals surface area contributed by atoms with Crippen LogP contribution < -0.4 is 11.1 Å². The topological polar surface area (TPSA) is 50.4 Å². The molecule has 0 unspecified atom stereocenters. The maximum atomic E-state index is 5.77. The van der Waals surface area contributed by atoms with Gasteiger partial charge in [-0.1, -0.05) is 41.9 Å². The van der Waals surface area contributed by atoms with E-state index in [-0.39, 0.29) is 0 Å². The highest BCUT2D eigenvalue weighted by atomic mass is 79.9. The summed E-state index contributed by atoms with van der Waals surface area (Å²) in [5, 5.41) is 3.11. The number of nitrogens with one attached hydrogen (secondary N) is 1. The Labute approximate surface area is 112 Å². The fourth-order valence-corrected chi connectivity index (χ4v) is 1.58. The van der Waals surface area contributed by atoms with Gasteiger partial charge in [-0.05, 0) is 30.0 Å². The molecule has 0 aromatic heterocycles. The van der Waals surface area contributed by atoms with E-state index < -0.39 is 0 Å². The van der Waals surface area contributed by atoms with Crippen LogP contribution >= 0.6 is 15.9 Å². The minimum absolute atomic E-state index is 0.522. The highest BCUT2D eigenvalue weighted by Crippen LogP contribution is 2.10. The summed E-state index contributed by atoms with van der Waals surface area (Å²) in [6.07, 6.45) is 1.11. The van der Waals surface area contributed by atoms with E-state index >= 15 is 0 Å². The van der Waals surface area contributed by atoms with E-state index in [1.807, 2.05) is 24.3 Å². The zero-order valence-corrected chi connectivity index (χ0v) is 12.0. The molecule has 3 nitrogen and oxygen atoms in total. The van der Waals surface area contributed by atoms with Gasteiger partial charge in [0, 0.05) is 11.0 Å². The summed E-state index contributed by atoms with van der Waals surface area (Å²) in [5.74, 6) is 1.20. The van der Waals surface area contributed by atoms with Gasteiger partial charge in [0.25, 0.3) is 0 Å². The van der Waals surface area contributed by atoms with Crippen LogP contribution in [0.1, 0.15) is 25.8 Å². The van der Waals surface area contributed by atoms with Crippen LogP contribution in [0, 0.1) is 5.92 Å². The zero-order chi connectivity index (χ0) is 12.7. The molecule has 0 aliphatic heterocycles. The van der Waals surface area contributed by atoms with Gasteiger partial charge >= 0.3 is 0 Å². The Bertz CT molecular complexity index is 357. The maximum Gasteiger partial charge on any atom is 0.188 e. The number of guanidine groups is 1. The van der Waals surface area contributed by atoms with Crippen LogP contribution in [0.3, 0.4) is 0 Å². The second-order valence-corrected chi connectivity index (χ2v) is 5.35. The van der Waals surface area contributed by atoms with Gasteiger partial charge in [0.1, 0.15) is 0 Å². The molecule has 4 heteroatoms. The first-order chi connectivity index (χ1) is 8.08. The van der Waals surface area contributed by atoms with E-state index in [0.29, 0.717) is 18.4 Å². The summed E-state index contributed by atoms with van der Waals surface area (Å²) < 4.78 is 1.08. The molecule has 0 aliphatic carbocycles. The van der Waals surface area contributed by atoms with Gasteiger partial charge in [0.15, 0.2) is 5.96 Å². The van der Waals surface area contributed by atoms with Crippen LogP contribution in [0.4, 0.5) is 0 Å². The quantitative estimate of drug-likeness (QED) is 0.648. The molecule has 0 bridgehead atoms. The SMILES string of the molecule is CC(C)CCNC(N)=NCc1ccc(Br)cc1. The molecule has 3 N–H and O–H groups in total. The number of hydrogen-bond donors (Lipinski definition) is 2. The third kappa shape index (κ3) is 6.31. The van der Waals surface area contributed by atoms with Crippen molar-refractivity contribution in [3.63, 3.8) is 0 Å². The molecular weight excluding hydrogens is 278 g/mol. The van der Waals surface area contributed by atoms with Crippen molar-refractivity contribution in [3.05, 3.63) is 34.3 Å². The molecule has 0 fully saturated rings. The Morgan fingerprint density at radius 1 is 1.35 bits per heavy atom. The van der Waals surface area contributed by atoms with Crippen molar-refractivity contribution in [1.29, 1.82) is 0 Å². The lowest BCUT2D eigenvalue weighted by Gasteiger charge is -2.07. The zero-order valence-electron chi connectivity index (χ0n) is 10.4. The number of nitrogens with two attached hydrogens (primary N) is 1. The molecule has 0 atom stereocenters. The molecule has 0 radical (unpaired) electrons. The van der Waals surface area contributed by atoms with Crippen LogP contribution in [0.2, 0.25) is 0 Å². The van der Waals surface area contributed by atoms with Gasteiger partial charge in [-0.25, -0.2) is 4.99 Å². The second kappa shape index (κ2) is 7.33. The molecule has 0 aliphatic rings. The lowest BCUT2D eigenvalue weighted by Crippen LogP contribution is -2.32. The van der Waals surface area contributed by atoms with Gasteiger partial charge in [-0.2, -0.15) is 0 Å².